The molecule has 12 heteroatoms. The maximum Gasteiger partial charge on any atom is 0.244 e. The molecular formula is C21H26ClN3O6S2. The van der Waals surface area contributed by atoms with Gasteiger partial charge in [0.2, 0.25) is 15.8 Å². The number of aliphatic hydroxyl groups is 1. The third-order valence-electron chi connectivity index (χ3n) is 5.27. The van der Waals surface area contributed by atoms with Crippen LogP contribution in [0.15, 0.2) is 40.2 Å². The van der Waals surface area contributed by atoms with E-state index in [0.717, 1.165) is 4.31 Å². The number of hydrogen-bond donors (Lipinski definition) is 1. The molecule has 9 nitrogen and oxygen atoms in total. The minimum atomic E-state index is -3.79. The summed E-state index contributed by atoms with van der Waals surface area (Å²) in [4.78, 5) is 6.17. The van der Waals surface area contributed by atoms with Crippen molar-refractivity contribution in [2.75, 3.05) is 48.2 Å². The Hall–Kier alpha value is -2.18. The fourth-order valence-electron chi connectivity index (χ4n) is 3.29. The van der Waals surface area contributed by atoms with Crippen molar-refractivity contribution in [3.05, 3.63) is 40.9 Å². The molecule has 1 aliphatic heterocycles. The Labute approximate surface area is 203 Å². The topological polar surface area (TPSA) is 101 Å². The van der Waals surface area contributed by atoms with Gasteiger partial charge in [0.05, 0.1) is 37.8 Å². The standard InChI is InChI=1S/C21H26ClN3O6S2/c1-24(2)33(27,28)18-9-13(7-8-15(18)22)21(26)12-32-20(25(21)3)23-14-10-16(29-4)19(31-6)17(11-14)30-5/h7-11,26H,12H2,1-6H3. The second-order valence-corrected chi connectivity index (χ2v) is 10.8. The molecule has 2 aromatic carbocycles. The van der Waals surface area contributed by atoms with E-state index in [1.165, 1.54) is 59.3 Å². The van der Waals surface area contributed by atoms with Gasteiger partial charge in [-0.1, -0.05) is 29.4 Å². The lowest BCUT2D eigenvalue weighted by Gasteiger charge is -2.31. The molecule has 33 heavy (non-hydrogen) atoms. The van der Waals surface area contributed by atoms with Gasteiger partial charge in [-0.3, -0.25) is 0 Å². The quantitative estimate of drug-likeness (QED) is 0.600. The summed E-state index contributed by atoms with van der Waals surface area (Å²) in [7, 11) is 5.29. The average Bonchev–Trinajstić information content (AvgIpc) is 3.07. The zero-order chi connectivity index (χ0) is 24.6. The highest BCUT2D eigenvalue weighted by atomic mass is 35.5. The molecule has 0 spiro atoms. The van der Waals surface area contributed by atoms with Crippen LogP contribution in [0, 0.1) is 0 Å². The van der Waals surface area contributed by atoms with Crippen LogP contribution in [-0.4, -0.2) is 76.1 Å². The van der Waals surface area contributed by atoms with Crippen LogP contribution in [-0.2, 0) is 15.7 Å². The number of hydrogen-bond acceptors (Lipinski definition) is 8. The normalized spacial score (nSPS) is 19.9. The maximum absolute atomic E-state index is 12.7. The van der Waals surface area contributed by atoms with Crippen LogP contribution < -0.4 is 14.2 Å². The number of methoxy groups -OCH3 is 3. The number of amidine groups is 1. The summed E-state index contributed by atoms with van der Waals surface area (Å²) >= 11 is 7.50. The van der Waals surface area contributed by atoms with Crippen LogP contribution in [0.25, 0.3) is 0 Å². The van der Waals surface area contributed by atoms with Crippen LogP contribution in [0.2, 0.25) is 5.02 Å². The molecule has 0 aliphatic carbocycles. The molecule has 2 aromatic rings. The van der Waals surface area contributed by atoms with Crippen molar-refractivity contribution in [2.24, 2.45) is 4.99 Å². The highest BCUT2D eigenvalue weighted by Crippen LogP contribution is 2.44. The Morgan fingerprint density at radius 1 is 1.12 bits per heavy atom. The Morgan fingerprint density at radius 2 is 1.73 bits per heavy atom. The van der Waals surface area contributed by atoms with Crippen molar-refractivity contribution in [3.63, 3.8) is 0 Å². The molecule has 3 rings (SSSR count). The van der Waals surface area contributed by atoms with Gasteiger partial charge in [0.1, 0.15) is 4.90 Å². The lowest BCUT2D eigenvalue weighted by atomic mass is 10.0. The van der Waals surface area contributed by atoms with Crippen molar-refractivity contribution in [3.8, 4) is 17.2 Å². The first-order valence-electron chi connectivity index (χ1n) is 9.69. The van der Waals surface area contributed by atoms with Gasteiger partial charge >= 0.3 is 0 Å². The summed E-state index contributed by atoms with van der Waals surface area (Å²) in [6.07, 6.45) is 0. The molecule has 0 saturated carbocycles. The number of sulfonamides is 1. The van der Waals surface area contributed by atoms with E-state index in [0.29, 0.717) is 33.7 Å². The Morgan fingerprint density at radius 3 is 2.24 bits per heavy atom. The number of nitrogens with zero attached hydrogens (tertiary/aromatic N) is 3. The zero-order valence-corrected chi connectivity index (χ0v) is 21.5. The molecule has 1 N–H and O–H groups in total. The maximum atomic E-state index is 12.7. The molecule has 1 atom stereocenters. The summed E-state index contributed by atoms with van der Waals surface area (Å²) < 4.78 is 42.5. The predicted molar refractivity (Wildman–Crippen MR) is 130 cm³/mol. The largest absolute Gasteiger partial charge is 0.493 e. The van der Waals surface area contributed by atoms with Crippen molar-refractivity contribution in [2.45, 2.75) is 10.6 Å². The molecule has 1 unspecified atom stereocenters. The fourth-order valence-corrected chi connectivity index (χ4v) is 5.89. The summed E-state index contributed by atoms with van der Waals surface area (Å²) in [5.74, 6) is 1.58. The predicted octanol–water partition coefficient (Wildman–Crippen LogP) is 3.13. The van der Waals surface area contributed by atoms with Crippen molar-refractivity contribution >= 4 is 44.2 Å². The Kier molecular flexibility index (Phi) is 7.39. The lowest BCUT2D eigenvalue weighted by molar-refractivity contribution is -0.0349. The van der Waals surface area contributed by atoms with Gasteiger partial charge in [0.15, 0.2) is 22.4 Å². The molecule has 0 bridgehead atoms. The third kappa shape index (κ3) is 4.60. The lowest BCUT2D eigenvalue weighted by Crippen LogP contribution is -2.42. The number of halogens is 1. The van der Waals surface area contributed by atoms with Crippen LogP contribution in [0.5, 0.6) is 17.2 Å². The minimum Gasteiger partial charge on any atom is -0.493 e. The van der Waals surface area contributed by atoms with Gasteiger partial charge in [-0.15, -0.1) is 0 Å². The van der Waals surface area contributed by atoms with Crippen molar-refractivity contribution in [1.82, 2.24) is 9.21 Å². The monoisotopic (exact) mass is 515 g/mol. The van der Waals surface area contributed by atoms with E-state index in [2.05, 4.69) is 4.99 Å². The van der Waals surface area contributed by atoms with E-state index < -0.39 is 15.7 Å². The summed E-state index contributed by atoms with van der Waals surface area (Å²) in [6.45, 7) is 0. The van der Waals surface area contributed by atoms with Gasteiger partial charge in [0, 0.05) is 38.8 Å². The molecule has 1 heterocycles. The van der Waals surface area contributed by atoms with Gasteiger partial charge in [0.25, 0.3) is 0 Å². The third-order valence-corrected chi connectivity index (χ3v) is 8.74. The van der Waals surface area contributed by atoms with Crippen LogP contribution in [0.4, 0.5) is 5.69 Å². The first kappa shape index (κ1) is 25.4. The van der Waals surface area contributed by atoms with E-state index in [4.69, 9.17) is 25.8 Å². The van der Waals surface area contributed by atoms with E-state index in [1.54, 1.807) is 30.1 Å². The average molecular weight is 516 g/mol. The van der Waals surface area contributed by atoms with E-state index in [-0.39, 0.29) is 15.7 Å². The number of ether oxygens (including phenoxy) is 3. The van der Waals surface area contributed by atoms with Gasteiger partial charge in [-0.05, 0) is 12.1 Å². The Balaban J connectivity index is 2.02. The SMILES string of the molecule is COc1cc(N=C2SCC(O)(c3ccc(Cl)c(S(=O)(=O)N(C)C)c3)N2C)cc(OC)c1OC. The molecule has 0 radical (unpaired) electrons. The minimum absolute atomic E-state index is 0.0755. The number of thioether (sulfide) groups is 1. The van der Waals surface area contributed by atoms with E-state index >= 15 is 0 Å². The van der Waals surface area contributed by atoms with Gasteiger partial charge in [-0.2, -0.15) is 0 Å². The summed E-state index contributed by atoms with van der Waals surface area (Å²) in [6, 6.07) is 7.88. The fraction of sp³-hybridized carbons (Fsp3) is 0.381. The second-order valence-electron chi connectivity index (χ2n) is 7.37. The van der Waals surface area contributed by atoms with Crippen LogP contribution in [0.1, 0.15) is 5.56 Å². The van der Waals surface area contributed by atoms with Gasteiger partial charge < -0.3 is 24.2 Å². The van der Waals surface area contributed by atoms with E-state index in [1.807, 2.05) is 0 Å². The van der Waals surface area contributed by atoms with Crippen molar-refractivity contribution < 1.29 is 27.7 Å². The molecule has 0 amide bonds. The van der Waals surface area contributed by atoms with E-state index in [9.17, 15) is 13.5 Å². The highest BCUT2D eigenvalue weighted by Gasteiger charge is 2.43. The molecule has 1 saturated heterocycles. The first-order chi connectivity index (χ1) is 15.5. The second kappa shape index (κ2) is 9.59. The number of benzene rings is 2. The summed E-state index contributed by atoms with van der Waals surface area (Å²) in [5.41, 5.74) is -0.571. The molecule has 1 aliphatic rings. The summed E-state index contributed by atoms with van der Waals surface area (Å²) in [5, 5.41) is 12.1. The molecule has 180 valence electrons. The highest BCUT2D eigenvalue weighted by molar-refractivity contribution is 8.14. The zero-order valence-electron chi connectivity index (χ0n) is 19.1. The smallest absolute Gasteiger partial charge is 0.244 e. The van der Waals surface area contributed by atoms with Crippen LogP contribution >= 0.6 is 23.4 Å². The molecule has 1 fully saturated rings. The first-order valence-corrected chi connectivity index (χ1v) is 12.5. The van der Waals surface area contributed by atoms with Crippen LogP contribution in [0.3, 0.4) is 0 Å². The molecular weight excluding hydrogens is 490 g/mol. The number of rotatable bonds is 7. The van der Waals surface area contributed by atoms with Crippen molar-refractivity contribution in [1.29, 1.82) is 0 Å². The van der Waals surface area contributed by atoms with Gasteiger partial charge in [-0.25, -0.2) is 17.7 Å². The molecule has 0 aromatic heterocycles. The Bertz CT molecular complexity index is 1160. The number of aliphatic imine (C=N–C) groups is 1.